The summed E-state index contributed by atoms with van der Waals surface area (Å²) in [6.45, 7) is 2.94. The van der Waals surface area contributed by atoms with Crippen molar-refractivity contribution >= 4 is 5.96 Å². The molecule has 4 heteroatoms. The largest absolute Gasteiger partial charge is 0.370 e. The standard InChI is InChI=1S/C9H22N4/c1-4-8(13(2)3)6-5-7-12-9(10)11/h8H,4-7H2,1-3H3,(H4,10,11,12)/t8-/m1/s1. The SMILES string of the molecule is CC[C@H](CCCN=C(N)N)N(C)C. The lowest BCUT2D eigenvalue weighted by Crippen LogP contribution is -2.27. The minimum atomic E-state index is 0.193. The Morgan fingerprint density at radius 2 is 2.00 bits per heavy atom. The van der Waals surface area contributed by atoms with Crippen LogP contribution in [0.4, 0.5) is 0 Å². The molecule has 0 radical (unpaired) electrons. The number of nitrogens with zero attached hydrogens (tertiary/aromatic N) is 2. The van der Waals surface area contributed by atoms with E-state index in [2.05, 4.69) is 30.9 Å². The maximum atomic E-state index is 5.22. The molecule has 0 aliphatic rings. The third-order valence-electron chi connectivity index (χ3n) is 2.19. The van der Waals surface area contributed by atoms with Crippen molar-refractivity contribution in [2.75, 3.05) is 20.6 Å². The van der Waals surface area contributed by atoms with E-state index in [1.54, 1.807) is 0 Å². The normalized spacial score (nSPS) is 12.9. The van der Waals surface area contributed by atoms with Crippen LogP contribution in [0.25, 0.3) is 0 Å². The second-order valence-corrected chi connectivity index (χ2v) is 3.47. The smallest absolute Gasteiger partial charge is 0.185 e. The highest BCUT2D eigenvalue weighted by atomic mass is 15.1. The quantitative estimate of drug-likeness (QED) is 0.358. The molecule has 0 amide bonds. The highest BCUT2D eigenvalue weighted by Crippen LogP contribution is 2.06. The molecule has 0 saturated heterocycles. The molecule has 0 spiro atoms. The predicted octanol–water partition coefficient (Wildman–Crippen LogP) is 0.380. The molecule has 0 unspecified atom stereocenters. The molecular formula is C9H22N4. The van der Waals surface area contributed by atoms with Crippen molar-refractivity contribution in [2.24, 2.45) is 16.5 Å². The molecule has 78 valence electrons. The van der Waals surface area contributed by atoms with Crippen molar-refractivity contribution in [3.05, 3.63) is 0 Å². The summed E-state index contributed by atoms with van der Waals surface area (Å²) in [4.78, 5) is 6.19. The van der Waals surface area contributed by atoms with Gasteiger partial charge in [-0.1, -0.05) is 6.92 Å². The van der Waals surface area contributed by atoms with Crippen LogP contribution >= 0.6 is 0 Å². The van der Waals surface area contributed by atoms with E-state index in [1.807, 2.05) is 0 Å². The summed E-state index contributed by atoms with van der Waals surface area (Å²) in [5.41, 5.74) is 10.4. The Hall–Kier alpha value is -0.770. The fraction of sp³-hybridized carbons (Fsp3) is 0.889. The summed E-state index contributed by atoms with van der Waals surface area (Å²) in [6.07, 6.45) is 3.38. The number of rotatable bonds is 6. The predicted molar refractivity (Wildman–Crippen MR) is 57.7 cm³/mol. The van der Waals surface area contributed by atoms with Crippen LogP contribution in [0.5, 0.6) is 0 Å². The van der Waals surface area contributed by atoms with Crippen molar-refractivity contribution in [3.8, 4) is 0 Å². The van der Waals surface area contributed by atoms with Crippen molar-refractivity contribution in [3.63, 3.8) is 0 Å². The zero-order chi connectivity index (χ0) is 10.3. The molecule has 0 aliphatic carbocycles. The van der Waals surface area contributed by atoms with Gasteiger partial charge >= 0.3 is 0 Å². The lowest BCUT2D eigenvalue weighted by Gasteiger charge is -2.22. The highest BCUT2D eigenvalue weighted by molar-refractivity contribution is 5.75. The monoisotopic (exact) mass is 186 g/mol. The molecule has 0 aliphatic heterocycles. The van der Waals surface area contributed by atoms with Crippen LogP contribution in [0.2, 0.25) is 0 Å². The van der Waals surface area contributed by atoms with Crippen LogP contribution < -0.4 is 11.5 Å². The minimum absolute atomic E-state index is 0.193. The Kier molecular flexibility index (Phi) is 6.32. The van der Waals surface area contributed by atoms with Gasteiger partial charge in [-0.2, -0.15) is 0 Å². The number of aliphatic imine (C=N–C) groups is 1. The number of nitrogens with two attached hydrogens (primary N) is 2. The van der Waals surface area contributed by atoms with Crippen LogP contribution in [0.1, 0.15) is 26.2 Å². The molecule has 0 rings (SSSR count). The molecule has 0 fully saturated rings. The van der Waals surface area contributed by atoms with E-state index in [4.69, 9.17) is 11.5 Å². The number of hydrogen-bond acceptors (Lipinski definition) is 2. The first-order valence-electron chi connectivity index (χ1n) is 4.79. The van der Waals surface area contributed by atoms with Gasteiger partial charge in [0.2, 0.25) is 0 Å². The second kappa shape index (κ2) is 6.71. The van der Waals surface area contributed by atoms with Crippen LogP contribution in [-0.2, 0) is 0 Å². The molecule has 13 heavy (non-hydrogen) atoms. The maximum absolute atomic E-state index is 5.22. The van der Waals surface area contributed by atoms with Gasteiger partial charge in [0, 0.05) is 12.6 Å². The van der Waals surface area contributed by atoms with E-state index in [1.165, 1.54) is 6.42 Å². The Bertz CT molecular complexity index is 150. The summed E-state index contributed by atoms with van der Waals surface area (Å²) in [7, 11) is 4.21. The molecule has 0 aromatic carbocycles. The molecular weight excluding hydrogens is 164 g/mol. The first-order chi connectivity index (χ1) is 6.07. The van der Waals surface area contributed by atoms with Gasteiger partial charge in [0.25, 0.3) is 0 Å². The first kappa shape index (κ1) is 12.2. The summed E-state index contributed by atoms with van der Waals surface area (Å²) in [5, 5.41) is 0. The van der Waals surface area contributed by atoms with Crippen LogP contribution in [0.15, 0.2) is 4.99 Å². The molecule has 0 bridgehead atoms. The van der Waals surface area contributed by atoms with Gasteiger partial charge in [0.05, 0.1) is 0 Å². The lowest BCUT2D eigenvalue weighted by atomic mass is 10.1. The summed E-state index contributed by atoms with van der Waals surface area (Å²) >= 11 is 0. The second-order valence-electron chi connectivity index (χ2n) is 3.47. The number of guanidine groups is 1. The number of hydrogen-bond donors (Lipinski definition) is 2. The third-order valence-corrected chi connectivity index (χ3v) is 2.19. The molecule has 1 atom stereocenters. The van der Waals surface area contributed by atoms with Gasteiger partial charge in [-0.05, 0) is 33.4 Å². The van der Waals surface area contributed by atoms with E-state index >= 15 is 0 Å². The Labute approximate surface area is 81.0 Å². The van der Waals surface area contributed by atoms with E-state index in [0.29, 0.717) is 6.04 Å². The van der Waals surface area contributed by atoms with E-state index in [9.17, 15) is 0 Å². The van der Waals surface area contributed by atoms with Crippen molar-refractivity contribution in [2.45, 2.75) is 32.2 Å². The Balaban J connectivity index is 3.56. The lowest BCUT2D eigenvalue weighted by molar-refractivity contribution is 0.268. The summed E-state index contributed by atoms with van der Waals surface area (Å²) < 4.78 is 0. The van der Waals surface area contributed by atoms with Crippen molar-refractivity contribution in [1.29, 1.82) is 0 Å². The van der Waals surface area contributed by atoms with Gasteiger partial charge in [0.1, 0.15) is 0 Å². The molecule has 0 aromatic rings. The maximum Gasteiger partial charge on any atom is 0.185 e. The summed E-state index contributed by atoms with van der Waals surface area (Å²) in [6, 6.07) is 0.647. The van der Waals surface area contributed by atoms with Crippen LogP contribution in [-0.4, -0.2) is 37.5 Å². The van der Waals surface area contributed by atoms with E-state index < -0.39 is 0 Å². The van der Waals surface area contributed by atoms with E-state index in [-0.39, 0.29) is 5.96 Å². The van der Waals surface area contributed by atoms with Gasteiger partial charge in [0.15, 0.2) is 5.96 Å². The fourth-order valence-corrected chi connectivity index (χ4v) is 1.36. The van der Waals surface area contributed by atoms with Gasteiger partial charge in [-0.25, -0.2) is 0 Å². The average molecular weight is 186 g/mol. The zero-order valence-electron chi connectivity index (χ0n) is 8.95. The Morgan fingerprint density at radius 1 is 1.38 bits per heavy atom. The molecule has 0 heterocycles. The molecule has 0 aromatic heterocycles. The average Bonchev–Trinajstić information content (AvgIpc) is 2.03. The minimum Gasteiger partial charge on any atom is -0.370 e. The van der Waals surface area contributed by atoms with Crippen molar-refractivity contribution < 1.29 is 0 Å². The van der Waals surface area contributed by atoms with Crippen molar-refractivity contribution in [1.82, 2.24) is 4.90 Å². The first-order valence-corrected chi connectivity index (χ1v) is 4.79. The molecule has 0 saturated carbocycles. The molecule has 4 N–H and O–H groups in total. The highest BCUT2D eigenvalue weighted by Gasteiger charge is 2.06. The van der Waals surface area contributed by atoms with Crippen LogP contribution in [0.3, 0.4) is 0 Å². The third kappa shape index (κ3) is 6.40. The molecule has 4 nitrogen and oxygen atoms in total. The van der Waals surface area contributed by atoms with Crippen LogP contribution in [0, 0.1) is 0 Å². The fourth-order valence-electron chi connectivity index (χ4n) is 1.36. The Morgan fingerprint density at radius 3 is 2.38 bits per heavy atom. The van der Waals surface area contributed by atoms with Gasteiger partial charge in [-0.15, -0.1) is 0 Å². The van der Waals surface area contributed by atoms with Gasteiger partial charge in [-0.3, -0.25) is 4.99 Å². The van der Waals surface area contributed by atoms with Gasteiger partial charge < -0.3 is 16.4 Å². The topological polar surface area (TPSA) is 67.6 Å². The van der Waals surface area contributed by atoms with E-state index in [0.717, 1.165) is 19.4 Å². The zero-order valence-corrected chi connectivity index (χ0v) is 8.95. The summed E-state index contributed by atoms with van der Waals surface area (Å²) in [5.74, 6) is 0.193.